The Morgan fingerprint density at radius 1 is 1.14 bits per heavy atom. The Labute approximate surface area is 130 Å². The fraction of sp³-hybridized carbons (Fsp3) is 0.188. The number of benzene rings is 2. The van der Waals surface area contributed by atoms with Crippen LogP contribution in [0.4, 0.5) is 0 Å². The second kappa shape index (κ2) is 6.76. The van der Waals surface area contributed by atoms with Crippen LogP contribution in [0.25, 0.3) is 0 Å². The van der Waals surface area contributed by atoms with Gasteiger partial charge in [0, 0.05) is 17.5 Å². The van der Waals surface area contributed by atoms with Crippen molar-refractivity contribution < 1.29 is 9.26 Å². The van der Waals surface area contributed by atoms with Gasteiger partial charge in [-0.2, -0.15) is 5.26 Å². The number of nitrogens with zero attached hydrogens (tertiary/aromatic N) is 1. The van der Waals surface area contributed by atoms with Crippen LogP contribution in [0.15, 0.2) is 48.5 Å². The summed E-state index contributed by atoms with van der Waals surface area (Å²) in [6.45, 7) is 2.03. The Kier molecular flexibility index (Phi) is 5.01. The standard InChI is InChI=1S/C16H16NO2PS/c1-3-20(21,14-7-5-4-6-8-14)19-15-10-9-13(12-17)11-16(15)18-2/h4-11H,3H2,1-2H3. The zero-order chi connectivity index (χ0) is 15.3. The first-order valence-electron chi connectivity index (χ1n) is 6.55. The van der Waals surface area contributed by atoms with E-state index < -0.39 is 6.26 Å². The van der Waals surface area contributed by atoms with Crippen molar-refractivity contribution in [2.45, 2.75) is 6.92 Å². The van der Waals surface area contributed by atoms with E-state index in [1.54, 1.807) is 25.3 Å². The molecule has 1 atom stereocenters. The molecule has 0 aliphatic carbocycles. The van der Waals surface area contributed by atoms with Gasteiger partial charge in [-0.25, -0.2) is 0 Å². The van der Waals surface area contributed by atoms with Crippen molar-refractivity contribution in [3.8, 4) is 17.6 Å². The second-order valence-corrected chi connectivity index (χ2v) is 8.84. The van der Waals surface area contributed by atoms with E-state index in [1.165, 1.54) is 0 Å². The number of hydrogen-bond donors (Lipinski definition) is 0. The summed E-state index contributed by atoms with van der Waals surface area (Å²) in [6.07, 6.45) is -1.42. The summed E-state index contributed by atoms with van der Waals surface area (Å²) in [5.41, 5.74) is 0.531. The minimum Gasteiger partial charge on any atom is -0.493 e. The lowest BCUT2D eigenvalue weighted by Gasteiger charge is -2.23. The monoisotopic (exact) mass is 317 g/mol. The van der Waals surface area contributed by atoms with Gasteiger partial charge in [0.1, 0.15) is 6.26 Å². The molecular weight excluding hydrogens is 301 g/mol. The van der Waals surface area contributed by atoms with E-state index >= 15 is 0 Å². The Morgan fingerprint density at radius 3 is 2.43 bits per heavy atom. The van der Waals surface area contributed by atoms with Gasteiger partial charge < -0.3 is 9.26 Å². The van der Waals surface area contributed by atoms with Crippen LogP contribution in [0.5, 0.6) is 11.5 Å². The third kappa shape index (κ3) is 3.44. The highest BCUT2D eigenvalue weighted by atomic mass is 32.4. The molecule has 5 heteroatoms. The molecule has 0 aromatic heterocycles. The summed E-state index contributed by atoms with van der Waals surface area (Å²) < 4.78 is 11.5. The van der Waals surface area contributed by atoms with Gasteiger partial charge in [-0.05, 0) is 23.9 Å². The maximum Gasteiger partial charge on any atom is 0.166 e. The molecule has 2 rings (SSSR count). The zero-order valence-corrected chi connectivity index (χ0v) is 13.7. The molecule has 0 radical (unpaired) electrons. The molecule has 2 aromatic rings. The van der Waals surface area contributed by atoms with Crippen molar-refractivity contribution >= 4 is 23.4 Å². The number of hydrogen-bond acceptors (Lipinski definition) is 4. The quantitative estimate of drug-likeness (QED) is 0.789. The molecule has 0 N–H and O–H groups in total. The highest BCUT2D eigenvalue weighted by Gasteiger charge is 2.21. The number of methoxy groups -OCH3 is 1. The van der Waals surface area contributed by atoms with Gasteiger partial charge in [0.2, 0.25) is 0 Å². The molecule has 0 fully saturated rings. The topological polar surface area (TPSA) is 42.2 Å². The Hall–Kier alpha value is -1.82. The van der Waals surface area contributed by atoms with Crippen LogP contribution < -0.4 is 14.6 Å². The van der Waals surface area contributed by atoms with Crippen molar-refractivity contribution in [2.24, 2.45) is 0 Å². The van der Waals surface area contributed by atoms with Gasteiger partial charge >= 0.3 is 0 Å². The smallest absolute Gasteiger partial charge is 0.166 e. The predicted octanol–water partition coefficient (Wildman–Crippen LogP) is 3.69. The molecule has 21 heavy (non-hydrogen) atoms. The molecule has 0 aliphatic rings. The maximum absolute atomic E-state index is 8.95. The molecule has 1 unspecified atom stereocenters. The highest BCUT2D eigenvalue weighted by Crippen LogP contribution is 2.48. The van der Waals surface area contributed by atoms with E-state index in [1.807, 2.05) is 37.3 Å². The lowest BCUT2D eigenvalue weighted by Crippen LogP contribution is -2.11. The van der Waals surface area contributed by atoms with Gasteiger partial charge in [0.25, 0.3) is 0 Å². The number of nitriles is 1. The highest BCUT2D eigenvalue weighted by molar-refractivity contribution is 8.16. The predicted molar refractivity (Wildman–Crippen MR) is 89.2 cm³/mol. The first-order chi connectivity index (χ1) is 10.1. The Bertz CT molecular complexity index is 710. The average molecular weight is 317 g/mol. The van der Waals surface area contributed by atoms with E-state index in [0.717, 1.165) is 11.5 Å². The van der Waals surface area contributed by atoms with Gasteiger partial charge in [-0.3, -0.25) is 0 Å². The molecule has 0 bridgehead atoms. The minimum atomic E-state index is -2.17. The van der Waals surface area contributed by atoms with Crippen LogP contribution >= 0.6 is 6.26 Å². The van der Waals surface area contributed by atoms with Crippen molar-refractivity contribution in [2.75, 3.05) is 13.3 Å². The largest absolute Gasteiger partial charge is 0.493 e. The lowest BCUT2D eigenvalue weighted by atomic mass is 10.2. The van der Waals surface area contributed by atoms with Crippen LogP contribution in [-0.4, -0.2) is 13.3 Å². The van der Waals surface area contributed by atoms with Crippen molar-refractivity contribution in [1.82, 2.24) is 0 Å². The molecule has 0 saturated heterocycles. The summed E-state index contributed by atoms with van der Waals surface area (Å²) >= 11 is 5.79. The molecule has 0 spiro atoms. The minimum absolute atomic E-state index is 0.531. The van der Waals surface area contributed by atoms with Crippen LogP contribution in [0.2, 0.25) is 0 Å². The van der Waals surface area contributed by atoms with Crippen LogP contribution in [-0.2, 0) is 11.8 Å². The van der Waals surface area contributed by atoms with E-state index in [0.29, 0.717) is 17.1 Å². The maximum atomic E-state index is 8.95. The lowest BCUT2D eigenvalue weighted by molar-refractivity contribution is 0.397. The Balaban J connectivity index is 2.40. The van der Waals surface area contributed by atoms with Crippen LogP contribution in [0.1, 0.15) is 12.5 Å². The number of rotatable bonds is 5. The van der Waals surface area contributed by atoms with Gasteiger partial charge in [-0.1, -0.05) is 37.3 Å². The number of ether oxygens (including phenoxy) is 1. The normalized spacial score (nSPS) is 13.0. The van der Waals surface area contributed by atoms with Gasteiger partial charge in [0.15, 0.2) is 11.5 Å². The van der Waals surface area contributed by atoms with Gasteiger partial charge in [0.05, 0.1) is 18.7 Å². The third-order valence-electron chi connectivity index (χ3n) is 3.10. The fourth-order valence-electron chi connectivity index (χ4n) is 1.93. The third-order valence-corrected chi connectivity index (χ3v) is 7.14. The first kappa shape index (κ1) is 15.6. The van der Waals surface area contributed by atoms with E-state index in [4.69, 9.17) is 26.3 Å². The van der Waals surface area contributed by atoms with E-state index in [9.17, 15) is 0 Å². The Morgan fingerprint density at radius 2 is 1.86 bits per heavy atom. The molecule has 2 aromatic carbocycles. The summed E-state index contributed by atoms with van der Waals surface area (Å²) in [7, 11) is 1.56. The fourth-order valence-corrected chi connectivity index (χ4v) is 4.23. The molecule has 0 aliphatic heterocycles. The van der Waals surface area contributed by atoms with E-state index in [-0.39, 0.29) is 0 Å². The molecule has 108 valence electrons. The summed E-state index contributed by atoms with van der Waals surface area (Å²) in [5.74, 6) is 1.12. The molecular formula is C16H16NO2PS. The first-order valence-corrected chi connectivity index (χ1v) is 9.46. The molecule has 3 nitrogen and oxygen atoms in total. The van der Waals surface area contributed by atoms with Crippen molar-refractivity contribution in [1.29, 1.82) is 5.26 Å². The SMILES string of the molecule is CCP(=S)(Oc1ccc(C#N)cc1OC)c1ccccc1. The zero-order valence-electron chi connectivity index (χ0n) is 11.9. The second-order valence-electron chi connectivity index (χ2n) is 4.39. The molecule has 0 saturated carbocycles. The van der Waals surface area contributed by atoms with Crippen LogP contribution in [0.3, 0.4) is 0 Å². The molecule has 0 amide bonds. The summed E-state index contributed by atoms with van der Waals surface area (Å²) in [4.78, 5) is 0. The van der Waals surface area contributed by atoms with Crippen LogP contribution in [0, 0.1) is 11.3 Å². The van der Waals surface area contributed by atoms with Gasteiger partial charge in [-0.15, -0.1) is 0 Å². The summed E-state index contributed by atoms with van der Waals surface area (Å²) in [6, 6.07) is 17.1. The van der Waals surface area contributed by atoms with Crippen molar-refractivity contribution in [3.05, 3.63) is 54.1 Å². The summed E-state index contributed by atoms with van der Waals surface area (Å²) in [5, 5.41) is 9.98. The average Bonchev–Trinajstić information content (AvgIpc) is 2.55. The molecule has 0 heterocycles. The van der Waals surface area contributed by atoms with Crippen molar-refractivity contribution in [3.63, 3.8) is 0 Å². The van der Waals surface area contributed by atoms with E-state index in [2.05, 4.69) is 6.07 Å².